The molecule has 1 unspecified atom stereocenters. The number of carbonyl (C=O) groups excluding carboxylic acids is 2. The number of nitrogens with zero attached hydrogens (tertiary/aromatic N) is 2. The predicted molar refractivity (Wildman–Crippen MR) is 115 cm³/mol. The van der Waals surface area contributed by atoms with E-state index in [4.69, 9.17) is 5.73 Å². The Morgan fingerprint density at radius 1 is 1.15 bits per heavy atom. The van der Waals surface area contributed by atoms with E-state index in [9.17, 15) is 9.59 Å². The van der Waals surface area contributed by atoms with Gasteiger partial charge >= 0.3 is 0 Å². The highest BCUT2D eigenvalue weighted by molar-refractivity contribution is 5.93. The molecule has 27 heavy (non-hydrogen) atoms. The Bertz CT molecular complexity index is 618. The van der Waals surface area contributed by atoms with Crippen molar-refractivity contribution in [2.45, 2.75) is 39.7 Å². The van der Waals surface area contributed by atoms with Crippen molar-refractivity contribution >= 4 is 42.3 Å². The van der Waals surface area contributed by atoms with Crippen LogP contribution in [0.5, 0.6) is 0 Å². The number of hydrogen-bond acceptors (Lipinski definition) is 4. The molecule has 1 saturated heterocycles. The zero-order chi connectivity index (χ0) is 18.4. The highest BCUT2D eigenvalue weighted by Gasteiger charge is 2.22. The number of benzene rings is 1. The summed E-state index contributed by atoms with van der Waals surface area (Å²) < 4.78 is 0. The third kappa shape index (κ3) is 8.05. The molecule has 1 aromatic carbocycles. The van der Waals surface area contributed by atoms with Gasteiger partial charge in [-0.2, -0.15) is 0 Å². The van der Waals surface area contributed by atoms with Gasteiger partial charge < -0.3 is 16.0 Å². The standard InChI is InChI=1S/C19H30N4O2.2ClH/c1-14-5-4-6-17(16(14)3)21-18(24)13-22-9-11-23(12-10-22)19(25)8-7-15(2)20;;/h4-6,15H,7-13,20H2,1-3H3,(H,21,24);2*1H. The topological polar surface area (TPSA) is 78.7 Å². The van der Waals surface area contributed by atoms with Gasteiger partial charge in [-0.25, -0.2) is 0 Å². The maximum absolute atomic E-state index is 12.3. The molecule has 2 amide bonds. The number of aryl methyl sites for hydroxylation is 1. The molecule has 0 bridgehead atoms. The lowest BCUT2D eigenvalue weighted by atomic mass is 10.1. The molecule has 1 aromatic rings. The lowest BCUT2D eigenvalue weighted by Crippen LogP contribution is -2.50. The summed E-state index contributed by atoms with van der Waals surface area (Å²) in [6.45, 7) is 9.12. The molecule has 0 radical (unpaired) electrons. The van der Waals surface area contributed by atoms with Crippen molar-refractivity contribution in [3.63, 3.8) is 0 Å². The van der Waals surface area contributed by atoms with Gasteiger partial charge in [0, 0.05) is 44.3 Å². The minimum absolute atomic E-state index is 0. The van der Waals surface area contributed by atoms with E-state index < -0.39 is 0 Å². The van der Waals surface area contributed by atoms with Gasteiger partial charge in [0.25, 0.3) is 0 Å². The molecule has 2 rings (SSSR count). The summed E-state index contributed by atoms with van der Waals surface area (Å²) in [5.74, 6) is 0.155. The third-order valence-corrected chi connectivity index (χ3v) is 4.78. The summed E-state index contributed by atoms with van der Waals surface area (Å²) in [6, 6.07) is 5.96. The first kappa shape index (κ1) is 25.7. The highest BCUT2D eigenvalue weighted by Crippen LogP contribution is 2.18. The van der Waals surface area contributed by atoms with Gasteiger partial charge in [-0.3, -0.25) is 14.5 Å². The van der Waals surface area contributed by atoms with E-state index in [0.717, 1.165) is 36.3 Å². The largest absolute Gasteiger partial charge is 0.340 e. The van der Waals surface area contributed by atoms with Crippen LogP contribution in [-0.2, 0) is 9.59 Å². The monoisotopic (exact) mass is 418 g/mol. The third-order valence-electron chi connectivity index (χ3n) is 4.78. The first-order valence-corrected chi connectivity index (χ1v) is 8.98. The predicted octanol–water partition coefficient (Wildman–Crippen LogP) is 2.36. The summed E-state index contributed by atoms with van der Waals surface area (Å²) in [6.07, 6.45) is 1.22. The van der Waals surface area contributed by atoms with Gasteiger partial charge in [0.2, 0.25) is 11.8 Å². The minimum atomic E-state index is -0.00886. The van der Waals surface area contributed by atoms with E-state index in [0.29, 0.717) is 26.1 Å². The lowest BCUT2D eigenvalue weighted by molar-refractivity contribution is -0.133. The van der Waals surface area contributed by atoms with Crippen molar-refractivity contribution in [2.24, 2.45) is 5.73 Å². The van der Waals surface area contributed by atoms with Crippen LogP contribution in [0.25, 0.3) is 0 Å². The van der Waals surface area contributed by atoms with Crippen LogP contribution >= 0.6 is 24.8 Å². The minimum Gasteiger partial charge on any atom is -0.340 e. The molecule has 1 atom stereocenters. The maximum atomic E-state index is 12.3. The fourth-order valence-corrected chi connectivity index (χ4v) is 2.94. The summed E-state index contributed by atoms with van der Waals surface area (Å²) in [5.41, 5.74) is 8.84. The molecule has 6 nitrogen and oxygen atoms in total. The number of anilines is 1. The van der Waals surface area contributed by atoms with Gasteiger partial charge in [-0.15, -0.1) is 24.8 Å². The Hall–Kier alpha value is -1.34. The average molecular weight is 419 g/mol. The van der Waals surface area contributed by atoms with Crippen molar-refractivity contribution in [3.8, 4) is 0 Å². The second kappa shape index (κ2) is 12.2. The van der Waals surface area contributed by atoms with E-state index in [1.54, 1.807) is 0 Å². The Labute approximate surface area is 174 Å². The Balaban J connectivity index is 0.00000338. The van der Waals surface area contributed by atoms with Crippen molar-refractivity contribution in [1.82, 2.24) is 9.80 Å². The number of halogens is 2. The van der Waals surface area contributed by atoms with Crippen LogP contribution in [0.2, 0.25) is 0 Å². The fraction of sp³-hybridized carbons (Fsp3) is 0.579. The Morgan fingerprint density at radius 2 is 1.78 bits per heavy atom. The smallest absolute Gasteiger partial charge is 0.238 e. The van der Waals surface area contributed by atoms with Crippen molar-refractivity contribution in [2.75, 3.05) is 38.0 Å². The van der Waals surface area contributed by atoms with Crippen LogP contribution in [0, 0.1) is 13.8 Å². The first-order chi connectivity index (χ1) is 11.9. The quantitative estimate of drug-likeness (QED) is 0.742. The Kier molecular flexibility index (Phi) is 11.6. The second-order valence-electron chi connectivity index (χ2n) is 6.97. The molecule has 8 heteroatoms. The molecule has 1 aliphatic heterocycles. The molecule has 0 saturated carbocycles. The molecular formula is C19H32Cl2N4O2. The molecule has 0 aliphatic carbocycles. The number of piperazine rings is 1. The average Bonchev–Trinajstić information content (AvgIpc) is 2.57. The van der Waals surface area contributed by atoms with Crippen LogP contribution in [0.15, 0.2) is 18.2 Å². The second-order valence-corrected chi connectivity index (χ2v) is 6.97. The summed E-state index contributed by atoms with van der Waals surface area (Å²) >= 11 is 0. The van der Waals surface area contributed by atoms with Crippen LogP contribution in [0.4, 0.5) is 5.69 Å². The molecule has 0 aromatic heterocycles. The molecule has 0 spiro atoms. The van der Waals surface area contributed by atoms with Crippen LogP contribution in [0.3, 0.4) is 0 Å². The van der Waals surface area contributed by atoms with E-state index in [1.807, 2.05) is 43.9 Å². The summed E-state index contributed by atoms with van der Waals surface area (Å²) in [5, 5.41) is 2.99. The van der Waals surface area contributed by atoms with Crippen LogP contribution in [0.1, 0.15) is 30.9 Å². The molecule has 1 aliphatic rings. The number of amides is 2. The molecular weight excluding hydrogens is 387 g/mol. The van der Waals surface area contributed by atoms with Crippen LogP contribution < -0.4 is 11.1 Å². The Morgan fingerprint density at radius 3 is 2.37 bits per heavy atom. The van der Waals surface area contributed by atoms with E-state index in [2.05, 4.69) is 10.2 Å². The first-order valence-electron chi connectivity index (χ1n) is 8.98. The number of hydrogen-bond donors (Lipinski definition) is 2. The molecule has 1 fully saturated rings. The fourth-order valence-electron chi connectivity index (χ4n) is 2.94. The van der Waals surface area contributed by atoms with E-state index in [1.165, 1.54) is 0 Å². The number of nitrogens with one attached hydrogen (secondary N) is 1. The van der Waals surface area contributed by atoms with Crippen molar-refractivity contribution in [1.29, 1.82) is 0 Å². The zero-order valence-corrected chi connectivity index (χ0v) is 18.0. The van der Waals surface area contributed by atoms with Gasteiger partial charge in [-0.1, -0.05) is 12.1 Å². The summed E-state index contributed by atoms with van der Waals surface area (Å²) in [4.78, 5) is 28.4. The normalized spacial score (nSPS) is 15.3. The van der Waals surface area contributed by atoms with Gasteiger partial charge in [0.15, 0.2) is 0 Å². The van der Waals surface area contributed by atoms with Crippen LogP contribution in [-0.4, -0.2) is 60.4 Å². The van der Waals surface area contributed by atoms with Gasteiger partial charge in [-0.05, 0) is 44.4 Å². The number of nitrogens with two attached hydrogens (primary N) is 1. The SMILES string of the molecule is Cc1cccc(NC(=O)CN2CCN(C(=O)CCC(C)N)CC2)c1C.Cl.Cl. The highest BCUT2D eigenvalue weighted by atomic mass is 35.5. The molecule has 154 valence electrons. The van der Waals surface area contributed by atoms with Gasteiger partial charge in [0.1, 0.15) is 0 Å². The number of rotatable bonds is 6. The lowest BCUT2D eigenvalue weighted by Gasteiger charge is -2.34. The maximum Gasteiger partial charge on any atom is 0.238 e. The number of carbonyl (C=O) groups is 2. The van der Waals surface area contributed by atoms with Crippen molar-refractivity contribution in [3.05, 3.63) is 29.3 Å². The van der Waals surface area contributed by atoms with E-state index in [-0.39, 0.29) is 42.7 Å². The zero-order valence-electron chi connectivity index (χ0n) is 16.4. The summed E-state index contributed by atoms with van der Waals surface area (Å²) in [7, 11) is 0. The molecule has 3 N–H and O–H groups in total. The van der Waals surface area contributed by atoms with Gasteiger partial charge in [0.05, 0.1) is 6.54 Å². The van der Waals surface area contributed by atoms with Crippen molar-refractivity contribution < 1.29 is 9.59 Å². The van der Waals surface area contributed by atoms with E-state index >= 15 is 0 Å². The molecule has 1 heterocycles.